The van der Waals surface area contributed by atoms with Crippen LogP contribution in [0.3, 0.4) is 0 Å². The number of nitrogens with zero attached hydrogens (tertiary/aromatic N) is 2. The molecule has 0 fully saturated rings. The summed E-state index contributed by atoms with van der Waals surface area (Å²) in [5, 5.41) is 16.3. The van der Waals surface area contributed by atoms with Crippen LogP contribution in [-0.4, -0.2) is 14.9 Å². The Kier molecular flexibility index (Phi) is 5.30. The molecule has 1 atom stereocenters. The molecule has 0 N–H and O–H groups in total. The minimum atomic E-state index is -2.65. The highest BCUT2D eigenvalue weighted by atomic mass is 32.2. The van der Waals surface area contributed by atoms with Gasteiger partial charge in [0.2, 0.25) is 0 Å². The van der Waals surface area contributed by atoms with Gasteiger partial charge in [0.1, 0.15) is 0 Å². The first-order chi connectivity index (χ1) is 5.20. The van der Waals surface area contributed by atoms with Crippen LogP contribution in [0.2, 0.25) is 0 Å². The van der Waals surface area contributed by atoms with Gasteiger partial charge in [0.25, 0.3) is 0 Å². The van der Waals surface area contributed by atoms with Crippen LogP contribution < -0.4 is 0 Å². The quantitative estimate of drug-likeness (QED) is 0.557. The molecule has 11 heavy (non-hydrogen) atoms. The van der Waals surface area contributed by atoms with Crippen molar-refractivity contribution in [2.24, 2.45) is 0 Å². The van der Waals surface area contributed by atoms with Crippen LogP contribution in [0.5, 0.6) is 0 Å². The molecule has 0 aliphatic heterocycles. The Labute approximate surface area is 66.7 Å². The maximum Gasteiger partial charge on any atom is 0.0996 e. The van der Waals surface area contributed by atoms with E-state index >= 15 is 0 Å². The lowest BCUT2D eigenvalue weighted by Gasteiger charge is -2.11. The van der Waals surface area contributed by atoms with Gasteiger partial charge in [-0.3, -0.25) is 4.18 Å². The van der Waals surface area contributed by atoms with Crippen molar-refractivity contribution < 1.29 is 12.9 Å². The van der Waals surface area contributed by atoms with Crippen LogP contribution in [0.15, 0.2) is 0 Å². The number of hydrogen-bond acceptors (Lipinski definition) is 5. The van der Waals surface area contributed by atoms with Crippen LogP contribution in [0.1, 0.15) is 12.8 Å². The predicted molar refractivity (Wildman–Crippen MR) is 34.3 cm³/mol. The van der Waals surface area contributed by atoms with Gasteiger partial charge in [-0.05, 0) is 0 Å². The summed E-state index contributed by atoms with van der Waals surface area (Å²) in [5.74, 6) is 0. The molecule has 6 heteroatoms. The molecule has 0 aliphatic carbocycles. The van der Waals surface area contributed by atoms with Crippen LogP contribution in [0.4, 0.5) is 0 Å². The van der Waals surface area contributed by atoms with E-state index in [1.807, 2.05) is 0 Å². The summed E-state index contributed by atoms with van der Waals surface area (Å²) in [6.07, 6.45) is -1.02. The van der Waals surface area contributed by atoms with Gasteiger partial charge in [-0.1, -0.05) is 0 Å². The third kappa shape index (κ3) is 5.49. The molecular formula is C5H5N2O3S-. The minimum Gasteiger partial charge on any atom is -0.750 e. The summed E-state index contributed by atoms with van der Waals surface area (Å²) in [6.45, 7) is 0. The Balaban J connectivity index is 3.82. The standard InChI is InChI=1S/C5H6N2O3S/c6-3-1-5(2-4-7)10-11(8)9/h5H,1-2H2,(H,8,9)/p-1. The first-order valence-corrected chi connectivity index (χ1v) is 3.71. The van der Waals surface area contributed by atoms with E-state index in [0.717, 1.165) is 0 Å². The monoisotopic (exact) mass is 173 g/mol. The van der Waals surface area contributed by atoms with Crippen LogP contribution in [0, 0.1) is 22.7 Å². The molecule has 0 amide bonds. The van der Waals surface area contributed by atoms with Crippen molar-refractivity contribution in [3.8, 4) is 12.1 Å². The third-order valence-corrected chi connectivity index (χ3v) is 1.28. The Hall–Kier alpha value is -0.950. The highest BCUT2D eigenvalue weighted by molar-refractivity contribution is 7.74. The normalized spacial score (nSPS) is 12.0. The molecule has 1 unspecified atom stereocenters. The second-order valence-corrected chi connectivity index (χ2v) is 2.25. The van der Waals surface area contributed by atoms with Gasteiger partial charge in [-0.2, -0.15) is 10.5 Å². The van der Waals surface area contributed by atoms with Gasteiger partial charge in [-0.25, -0.2) is 4.21 Å². The number of rotatable bonds is 4. The largest absolute Gasteiger partial charge is 0.750 e. The molecule has 0 aromatic carbocycles. The number of nitriles is 2. The second-order valence-electron chi connectivity index (χ2n) is 1.65. The molecule has 60 valence electrons. The zero-order valence-corrected chi connectivity index (χ0v) is 6.34. The van der Waals surface area contributed by atoms with E-state index in [-0.39, 0.29) is 12.8 Å². The highest BCUT2D eigenvalue weighted by Crippen LogP contribution is 2.03. The van der Waals surface area contributed by atoms with E-state index in [1.165, 1.54) is 0 Å². The van der Waals surface area contributed by atoms with Crippen molar-refractivity contribution in [2.45, 2.75) is 18.9 Å². The Morgan fingerprint density at radius 2 is 1.91 bits per heavy atom. The predicted octanol–water partition coefficient (Wildman–Crippen LogP) is -0.00694. The summed E-state index contributed by atoms with van der Waals surface area (Å²) in [5.41, 5.74) is 0. The molecule has 0 aromatic rings. The molecule has 5 nitrogen and oxygen atoms in total. The maximum absolute atomic E-state index is 9.92. The maximum atomic E-state index is 9.92. The van der Waals surface area contributed by atoms with Crippen LogP contribution in [-0.2, 0) is 15.5 Å². The van der Waals surface area contributed by atoms with Crippen molar-refractivity contribution in [3.63, 3.8) is 0 Å². The lowest BCUT2D eigenvalue weighted by atomic mass is 10.2. The summed E-state index contributed by atoms with van der Waals surface area (Å²) >= 11 is -2.65. The van der Waals surface area contributed by atoms with Crippen molar-refractivity contribution in [1.82, 2.24) is 0 Å². The van der Waals surface area contributed by atoms with Crippen molar-refractivity contribution in [3.05, 3.63) is 0 Å². The minimum absolute atomic E-state index is 0.0957. The van der Waals surface area contributed by atoms with Gasteiger partial charge >= 0.3 is 0 Å². The molecule has 0 spiro atoms. The smallest absolute Gasteiger partial charge is 0.0996 e. The van der Waals surface area contributed by atoms with Gasteiger partial charge < -0.3 is 4.55 Å². The molecule has 0 saturated carbocycles. The molecule has 0 rings (SSSR count). The van der Waals surface area contributed by atoms with Gasteiger partial charge in [0.15, 0.2) is 0 Å². The SMILES string of the molecule is N#CCC(CC#N)OS(=O)[O-]. The highest BCUT2D eigenvalue weighted by Gasteiger charge is 2.07. The fraction of sp³-hybridized carbons (Fsp3) is 0.600. The summed E-state index contributed by atoms with van der Waals surface area (Å²) in [4.78, 5) is 0. The second kappa shape index (κ2) is 5.81. The van der Waals surface area contributed by atoms with E-state index < -0.39 is 17.5 Å². The molecule has 0 heterocycles. The third-order valence-electron chi connectivity index (χ3n) is 0.853. The fourth-order valence-electron chi connectivity index (χ4n) is 0.455. The van der Waals surface area contributed by atoms with Crippen molar-refractivity contribution >= 4 is 11.4 Å². The molecule has 0 saturated heterocycles. The summed E-state index contributed by atoms with van der Waals surface area (Å²) in [7, 11) is 0. The average molecular weight is 173 g/mol. The molecule has 0 bridgehead atoms. The number of hydrogen-bond donors (Lipinski definition) is 0. The van der Waals surface area contributed by atoms with E-state index in [2.05, 4.69) is 4.18 Å². The first-order valence-electron chi connectivity index (χ1n) is 2.71. The van der Waals surface area contributed by atoms with E-state index in [1.54, 1.807) is 12.1 Å². The first kappa shape index (κ1) is 10.0. The van der Waals surface area contributed by atoms with Crippen LogP contribution >= 0.6 is 0 Å². The van der Waals surface area contributed by atoms with Crippen LogP contribution in [0.25, 0.3) is 0 Å². The van der Waals surface area contributed by atoms with E-state index in [0.29, 0.717) is 0 Å². The lowest BCUT2D eigenvalue weighted by molar-refractivity contribution is 0.210. The van der Waals surface area contributed by atoms with Gasteiger partial charge in [-0.15, -0.1) is 0 Å². The molecular weight excluding hydrogens is 168 g/mol. The lowest BCUT2D eigenvalue weighted by Crippen LogP contribution is -2.12. The van der Waals surface area contributed by atoms with Crippen molar-refractivity contribution in [1.29, 1.82) is 10.5 Å². The van der Waals surface area contributed by atoms with Gasteiger partial charge in [0, 0.05) is 0 Å². The molecule has 0 aromatic heterocycles. The summed E-state index contributed by atoms with van der Waals surface area (Å²) in [6, 6.07) is 3.42. The van der Waals surface area contributed by atoms with E-state index in [9.17, 15) is 8.76 Å². The molecule has 0 aliphatic rings. The average Bonchev–Trinajstić information content (AvgIpc) is 1.87. The Morgan fingerprint density at radius 1 is 1.45 bits per heavy atom. The Morgan fingerprint density at radius 3 is 2.18 bits per heavy atom. The fourth-order valence-corrected chi connectivity index (χ4v) is 0.813. The zero-order valence-electron chi connectivity index (χ0n) is 5.52. The molecule has 0 radical (unpaired) electrons. The zero-order chi connectivity index (χ0) is 8.69. The summed E-state index contributed by atoms with van der Waals surface area (Å²) < 4.78 is 24.0. The van der Waals surface area contributed by atoms with E-state index in [4.69, 9.17) is 10.5 Å². The van der Waals surface area contributed by atoms with Gasteiger partial charge in [0.05, 0.1) is 42.4 Å². The van der Waals surface area contributed by atoms with Crippen molar-refractivity contribution in [2.75, 3.05) is 0 Å². The Bertz CT molecular complexity index is 201. The topological polar surface area (TPSA) is 96.9 Å².